The van der Waals surface area contributed by atoms with Crippen LogP contribution < -0.4 is 4.90 Å². The summed E-state index contributed by atoms with van der Waals surface area (Å²) >= 11 is 6.84. The summed E-state index contributed by atoms with van der Waals surface area (Å²) in [6, 6.07) is 5.55. The molecule has 22 heavy (non-hydrogen) atoms. The van der Waals surface area contributed by atoms with Crippen LogP contribution in [0.25, 0.3) is 0 Å². The predicted octanol–water partition coefficient (Wildman–Crippen LogP) is 3.72. The normalized spacial score (nSPS) is 26.8. The molecule has 0 N–H and O–H groups in total. The van der Waals surface area contributed by atoms with Gasteiger partial charge in [0.25, 0.3) is 5.91 Å². The van der Waals surface area contributed by atoms with Crippen LogP contribution in [0, 0.1) is 0 Å². The summed E-state index contributed by atoms with van der Waals surface area (Å²) < 4.78 is 1.65. The lowest BCUT2D eigenvalue weighted by Gasteiger charge is -2.36. The second kappa shape index (κ2) is 6.42. The van der Waals surface area contributed by atoms with Crippen LogP contribution in [0.2, 0.25) is 0 Å². The van der Waals surface area contributed by atoms with E-state index in [1.54, 1.807) is 6.07 Å². The Kier molecular flexibility index (Phi) is 4.71. The molecule has 6 heteroatoms. The highest BCUT2D eigenvalue weighted by molar-refractivity contribution is 9.11. The average Bonchev–Trinajstić information content (AvgIpc) is 2.75. The van der Waals surface area contributed by atoms with E-state index >= 15 is 0 Å². The molecule has 0 bridgehead atoms. The Bertz CT molecular complexity index is 620. The first-order valence-electron chi connectivity index (χ1n) is 7.56. The molecule has 2 aliphatic heterocycles. The number of hydrogen-bond acceptors (Lipinski definition) is 3. The van der Waals surface area contributed by atoms with Crippen LogP contribution in [-0.4, -0.2) is 35.3 Å². The Morgan fingerprint density at radius 3 is 2.64 bits per heavy atom. The molecule has 0 aromatic heterocycles. The van der Waals surface area contributed by atoms with Gasteiger partial charge in [-0.3, -0.25) is 14.5 Å². The lowest BCUT2D eigenvalue weighted by atomic mass is 10.0. The number of benzene rings is 1. The molecule has 3 rings (SSSR count). The molecule has 2 atom stereocenters. The summed E-state index contributed by atoms with van der Waals surface area (Å²) in [7, 11) is 0. The monoisotopic (exact) mass is 428 g/mol. The molecule has 2 heterocycles. The molecule has 0 saturated carbocycles. The van der Waals surface area contributed by atoms with E-state index in [0.29, 0.717) is 11.7 Å². The minimum absolute atomic E-state index is 0.0956. The number of hydrogen-bond donors (Lipinski definition) is 0. The SMILES string of the molecule is C[C@H]1CCCCN1[C@H]1CC(=O)N(c2ccc(Br)cc2Br)C1=O. The van der Waals surface area contributed by atoms with Gasteiger partial charge in [0.15, 0.2) is 0 Å². The Balaban J connectivity index is 1.88. The molecule has 1 aromatic carbocycles. The predicted molar refractivity (Wildman–Crippen MR) is 92.8 cm³/mol. The van der Waals surface area contributed by atoms with Crippen LogP contribution in [0.5, 0.6) is 0 Å². The first-order valence-corrected chi connectivity index (χ1v) is 9.15. The van der Waals surface area contributed by atoms with Crippen LogP contribution in [0.4, 0.5) is 5.69 Å². The van der Waals surface area contributed by atoms with Crippen LogP contribution in [-0.2, 0) is 9.59 Å². The molecule has 0 radical (unpaired) electrons. The summed E-state index contributed by atoms with van der Waals surface area (Å²) in [5.41, 5.74) is 0.630. The maximum absolute atomic E-state index is 12.8. The van der Waals surface area contributed by atoms with E-state index in [4.69, 9.17) is 0 Å². The standard InChI is InChI=1S/C16H18Br2N2O2/c1-10-4-2-3-7-19(10)14-9-15(21)20(16(14)22)13-6-5-11(17)8-12(13)18/h5-6,8,10,14H,2-4,7,9H2,1H3/t10-,14-/m0/s1. The first-order chi connectivity index (χ1) is 10.5. The summed E-state index contributed by atoms with van der Waals surface area (Å²) in [5.74, 6) is -0.211. The second-order valence-electron chi connectivity index (χ2n) is 5.97. The van der Waals surface area contributed by atoms with Gasteiger partial charge in [0, 0.05) is 15.0 Å². The second-order valence-corrected chi connectivity index (χ2v) is 7.74. The van der Waals surface area contributed by atoms with E-state index in [1.807, 2.05) is 12.1 Å². The van der Waals surface area contributed by atoms with Gasteiger partial charge in [0.2, 0.25) is 5.91 Å². The topological polar surface area (TPSA) is 40.6 Å². The van der Waals surface area contributed by atoms with Gasteiger partial charge in [0.05, 0.1) is 18.2 Å². The third-order valence-electron chi connectivity index (χ3n) is 4.53. The van der Waals surface area contributed by atoms with E-state index in [1.165, 1.54) is 11.3 Å². The van der Waals surface area contributed by atoms with Crippen molar-refractivity contribution in [1.82, 2.24) is 4.90 Å². The number of amides is 2. The van der Waals surface area contributed by atoms with Crippen LogP contribution in [0.1, 0.15) is 32.6 Å². The molecular formula is C16H18Br2N2O2. The molecule has 0 spiro atoms. The van der Waals surface area contributed by atoms with E-state index in [9.17, 15) is 9.59 Å². The summed E-state index contributed by atoms with van der Waals surface area (Å²) in [6.45, 7) is 3.05. The number of piperidine rings is 1. The summed E-state index contributed by atoms with van der Waals surface area (Å²) in [4.78, 5) is 28.8. The van der Waals surface area contributed by atoms with Crippen molar-refractivity contribution >= 4 is 49.4 Å². The van der Waals surface area contributed by atoms with Gasteiger partial charge in [-0.25, -0.2) is 4.90 Å². The van der Waals surface area contributed by atoms with Crippen molar-refractivity contribution in [2.24, 2.45) is 0 Å². The van der Waals surface area contributed by atoms with Crippen molar-refractivity contribution in [3.63, 3.8) is 0 Å². The van der Waals surface area contributed by atoms with E-state index in [2.05, 4.69) is 43.7 Å². The minimum atomic E-state index is -0.307. The van der Waals surface area contributed by atoms with E-state index in [-0.39, 0.29) is 24.3 Å². The van der Waals surface area contributed by atoms with E-state index < -0.39 is 0 Å². The van der Waals surface area contributed by atoms with Gasteiger partial charge < -0.3 is 0 Å². The van der Waals surface area contributed by atoms with Gasteiger partial charge >= 0.3 is 0 Å². The van der Waals surface area contributed by atoms with Gasteiger partial charge in [-0.05, 0) is 60.4 Å². The highest BCUT2D eigenvalue weighted by Crippen LogP contribution is 2.35. The highest BCUT2D eigenvalue weighted by atomic mass is 79.9. The Labute approximate surface area is 147 Å². The first kappa shape index (κ1) is 16.1. The number of anilines is 1. The molecule has 118 valence electrons. The maximum Gasteiger partial charge on any atom is 0.251 e. The molecule has 2 amide bonds. The molecule has 2 fully saturated rings. The van der Waals surface area contributed by atoms with Crippen molar-refractivity contribution in [2.45, 2.75) is 44.7 Å². The molecule has 2 saturated heterocycles. The summed E-state index contributed by atoms with van der Waals surface area (Å²) in [6.07, 6.45) is 3.68. The molecular weight excluding hydrogens is 412 g/mol. The zero-order valence-electron chi connectivity index (χ0n) is 12.4. The Hall–Kier alpha value is -0.720. The van der Waals surface area contributed by atoms with Crippen molar-refractivity contribution in [3.05, 3.63) is 27.1 Å². The van der Waals surface area contributed by atoms with Crippen LogP contribution in [0.15, 0.2) is 27.1 Å². The number of rotatable bonds is 2. The fourth-order valence-electron chi connectivity index (χ4n) is 3.37. The molecule has 2 aliphatic rings. The van der Waals surface area contributed by atoms with Crippen molar-refractivity contribution < 1.29 is 9.59 Å². The summed E-state index contributed by atoms with van der Waals surface area (Å²) in [5, 5.41) is 0. The quantitative estimate of drug-likeness (QED) is 0.672. The molecule has 4 nitrogen and oxygen atoms in total. The maximum atomic E-state index is 12.8. The molecule has 0 aliphatic carbocycles. The Morgan fingerprint density at radius 1 is 1.18 bits per heavy atom. The fourth-order valence-corrected chi connectivity index (χ4v) is 4.60. The lowest BCUT2D eigenvalue weighted by molar-refractivity contribution is -0.123. The van der Waals surface area contributed by atoms with Crippen molar-refractivity contribution in [2.75, 3.05) is 11.4 Å². The van der Waals surface area contributed by atoms with Gasteiger partial charge in [0.1, 0.15) is 0 Å². The number of imide groups is 1. The third-order valence-corrected chi connectivity index (χ3v) is 5.66. The lowest BCUT2D eigenvalue weighted by Crippen LogP contribution is -2.48. The van der Waals surface area contributed by atoms with Gasteiger partial charge in [-0.2, -0.15) is 0 Å². The number of carbonyl (C=O) groups is 2. The number of halogens is 2. The van der Waals surface area contributed by atoms with Gasteiger partial charge in [-0.1, -0.05) is 22.4 Å². The number of likely N-dealkylation sites (tertiary alicyclic amines) is 1. The Morgan fingerprint density at radius 2 is 1.95 bits per heavy atom. The number of nitrogens with zero attached hydrogens (tertiary/aromatic N) is 2. The van der Waals surface area contributed by atoms with Crippen molar-refractivity contribution in [3.8, 4) is 0 Å². The van der Waals surface area contributed by atoms with Crippen molar-refractivity contribution in [1.29, 1.82) is 0 Å². The molecule has 0 unspecified atom stereocenters. The number of carbonyl (C=O) groups excluding carboxylic acids is 2. The highest BCUT2D eigenvalue weighted by Gasteiger charge is 2.44. The largest absolute Gasteiger partial charge is 0.289 e. The van der Waals surface area contributed by atoms with Crippen LogP contribution in [0.3, 0.4) is 0 Å². The third kappa shape index (κ3) is 2.88. The van der Waals surface area contributed by atoms with Crippen LogP contribution >= 0.6 is 31.9 Å². The zero-order valence-corrected chi connectivity index (χ0v) is 15.6. The minimum Gasteiger partial charge on any atom is -0.289 e. The van der Waals surface area contributed by atoms with Gasteiger partial charge in [-0.15, -0.1) is 0 Å². The molecule has 1 aromatic rings. The smallest absolute Gasteiger partial charge is 0.251 e. The van der Waals surface area contributed by atoms with E-state index in [0.717, 1.165) is 28.3 Å². The zero-order chi connectivity index (χ0) is 15.9. The average molecular weight is 430 g/mol. The fraction of sp³-hybridized carbons (Fsp3) is 0.500.